The number of nitrogens with zero attached hydrogens (tertiary/aromatic N) is 1. The van der Waals surface area contributed by atoms with Gasteiger partial charge in [0.05, 0.1) is 24.6 Å². The summed E-state index contributed by atoms with van der Waals surface area (Å²) in [4.78, 5) is 12.5. The van der Waals surface area contributed by atoms with Crippen LogP contribution in [-0.4, -0.2) is 41.3 Å². The van der Waals surface area contributed by atoms with E-state index in [0.717, 1.165) is 16.1 Å². The lowest BCUT2D eigenvalue weighted by Gasteiger charge is -2.18. The van der Waals surface area contributed by atoms with E-state index >= 15 is 0 Å². The van der Waals surface area contributed by atoms with Crippen molar-refractivity contribution in [3.63, 3.8) is 0 Å². The topological polar surface area (TPSA) is 75.7 Å². The van der Waals surface area contributed by atoms with E-state index in [2.05, 4.69) is 5.32 Å². The number of carbonyl (C=O) groups is 1. The average molecular weight is 362 g/mol. The van der Waals surface area contributed by atoms with E-state index in [9.17, 15) is 13.2 Å². The Hall–Kier alpha value is -2.54. The van der Waals surface area contributed by atoms with Gasteiger partial charge in [-0.2, -0.15) is 0 Å². The van der Waals surface area contributed by atoms with Gasteiger partial charge in [-0.25, -0.2) is 8.42 Å². The van der Waals surface area contributed by atoms with E-state index in [1.165, 1.54) is 20.2 Å². The molecule has 0 aliphatic rings. The van der Waals surface area contributed by atoms with Gasteiger partial charge in [0.2, 0.25) is 10.0 Å². The molecule has 0 atom stereocenters. The molecule has 0 bridgehead atoms. The van der Waals surface area contributed by atoms with Crippen LogP contribution in [-0.2, 0) is 16.4 Å². The van der Waals surface area contributed by atoms with E-state index in [-0.39, 0.29) is 5.91 Å². The quantitative estimate of drug-likeness (QED) is 0.818. The first-order valence-corrected chi connectivity index (χ1v) is 9.62. The normalized spacial score (nSPS) is 11.0. The van der Waals surface area contributed by atoms with E-state index in [1.54, 1.807) is 12.1 Å². The summed E-state index contributed by atoms with van der Waals surface area (Å²) in [7, 11) is -0.503. The molecule has 0 aliphatic carbocycles. The van der Waals surface area contributed by atoms with Crippen molar-refractivity contribution in [2.45, 2.75) is 6.42 Å². The molecule has 0 aromatic heterocycles. The van der Waals surface area contributed by atoms with Crippen LogP contribution in [0.4, 0.5) is 5.69 Å². The maximum absolute atomic E-state index is 12.5. The Morgan fingerprint density at radius 3 is 2.44 bits per heavy atom. The predicted octanol–water partition coefficient (Wildman–Crippen LogP) is 2.06. The monoisotopic (exact) mass is 362 g/mol. The summed E-state index contributed by atoms with van der Waals surface area (Å²) in [6, 6.07) is 14.5. The molecule has 2 aromatic carbocycles. The first-order valence-electron chi connectivity index (χ1n) is 7.77. The van der Waals surface area contributed by atoms with Crippen molar-refractivity contribution in [2.24, 2.45) is 0 Å². The summed E-state index contributed by atoms with van der Waals surface area (Å²) in [5.74, 6) is 0.0828. The van der Waals surface area contributed by atoms with Crippen LogP contribution < -0.4 is 14.4 Å². The first-order chi connectivity index (χ1) is 11.8. The van der Waals surface area contributed by atoms with Crippen LogP contribution in [0.2, 0.25) is 0 Å². The molecule has 2 aromatic rings. The highest BCUT2D eigenvalue weighted by Gasteiger charge is 2.17. The molecule has 0 spiro atoms. The lowest BCUT2D eigenvalue weighted by atomic mass is 10.1. The van der Waals surface area contributed by atoms with Crippen LogP contribution in [0.5, 0.6) is 5.75 Å². The van der Waals surface area contributed by atoms with Gasteiger partial charge in [0.15, 0.2) is 0 Å². The molecule has 0 fully saturated rings. The molecule has 7 heteroatoms. The number of benzene rings is 2. The van der Waals surface area contributed by atoms with Gasteiger partial charge in [-0.15, -0.1) is 0 Å². The Labute approximate surface area is 148 Å². The number of carbonyl (C=O) groups excluding carboxylic acids is 1. The zero-order valence-corrected chi connectivity index (χ0v) is 15.3. The Bertz CT molecular complexity index is 835. The second kappa shape index (κ2) is 8.02. The standard InChI is InChI=1S/C18H22N2O4S/c1-20(25(3,22)23)15-9-10-17(24-2)16(13-15)18(21)19-12-11-14-7-5-4-6-8-14/h4-10,13H,11-12H2,1-3H3,(H,19,21). The van der Waals surface area contributed by atoms with Gasteiger partial charge in [-0.1, -0.05) is 30.3 Å². The molecule has 134 valence electrons. The first kappa shape index (κ1) is 18.8. The van der Waals surface area contributed by atoms with Crippen molar-refractivity contribution in [1.82, 2.24) is 5.32 Å². The smallest absolute Gasteiger partial charge is 0.255 e. The fourth-order valence-electron chi connectivity index (χ4n) is 2.32. The van der Waals surface area contributed by atoms with E-state index in [4.69, 9.17) is 4.74 Å². The minimum absolute atomic E-state index is 0.295. The highest BCUT2D eigenvalue weighted by molar-refractivity contribution is 7.92. The molecule has 0 saturated heterocycles. The summed E-state index contributed by atoms with van der Waals surface area (Å²) < 4.78 is 29.7. The minimum atomic E-state index is -3.41. The Kier molecular flexibility index (Phi) is 6.03. The van der Waals surface area contributed by atoms with Crippen molar-refractivity contribution in [3.05, 3.63) is 59.7 Å². The molecule has 1 N–H and O–H groups in total. The van der Waals surface area contributed by atoms with Gasteiger partial charge in [0.1, 0.15) is 5.75 Å². The van der Waals surface area contributed by atoms with Gasteiger partial charge in [0.25, 0.3) is 5.91 Å². The van der Waals surface area contributed by atoms with Gasteiger partial charge in [-0.05, 0) is 30.2 Å². The van der Waals surface area contributed by atoms with Gasteiger partial charge >= 0.3 is 0 Å². The molecule has 6 nitrogen and oxygen atoms in total. The Morgan fingerprint density at radius 2 is 1.84 bits per heavy atom. The molecule has 0 saturated carbocycles. The van der Waals surface area contributed by atoms with E-state index < -0.39 is 10.0 Å². The molecule has 1 amide bonds. The number of sulfonamides is 1. The predicted molar refractivity (Wildman–Crippen MR) is 98.7 cm³/mol. The third-order valence-electron chi connectivity index (χ3n) is 3.83. The molecular formula is C18H22N2O4S. The van der Waals surface area contributed by atoms with Crippen LogP contribution in [0.1, 0.15) is 15.9 Å². The Morgan fingerprint density at radius 1 is 1.16 bits per heavy atom. The van der Waals surface area contributed by atoms with E-state index in [0.29, 0.717) is 30.0 Å². The summed E-state index contributed by atoms with van der Waals surface area (Å²) in [6.45, 7) is 0.470. The molecule has 0 heterocycles. The van der Waals surface area contributed by atoms with Gasteiger partial charge in [-0.3, -0.25) is 9.10 Å². The van der Waals surface area contributed by atoms with E-state index in [1.807, 2.05) is 30.3 Å². The zero-order valence-electron chi connectivity index (χ0n) is 14.5. The summed E-state index contributed by atoms with van der Waals surface area (Å²) >= 11 is 0. The van der Waals surface area contributed by atoms with Crippen LogP contribution in [0.15, 0.2) is 48.5 Å². The third kappa shape index (κ3) is 4.96. The lowest BCUT2D eigenvalue weighted by Crippen LogP contribution is -2.28. The SMILES string of the molecule is COc1ccc(N(C)S(C)(=O)=O)cc1C(=O)NCCc1ccccc1. The lowest BCUT2D eigenvalue weighted by molar-refractivity contribution is 0.0951. The van der Waals surface area contributed by atoms with Gasteiger partial charge in [0, 0.05) is 13.6 Å². The summed E-state index contributed by atoms with van der Waals surface area (Å²) in [5, 5.41) is 2.84. The highest BCUT2D eigenvalue weighted by Crippen LogP contribution is 2.25. The largest absolute Gasteiger partial charge is 0.496 e. The molecule has 0 radical (unpaired) electrons. The number of ether oxygens (including phenoxy) is 1. The van der Waals surface area contributed by atoms with Crippen LogP contribution in [0.25, 0.3) is 0 Å². The minimum Gasteiger partial charge on any atom is -0.496 e. The molecule has 2 rings (SSSR count). The maximum atomic E-state index is 12.5. The van der Waals surface area contributed by atoms with Crippen LogP contribution in [0, 0.1) is 0 Å². The Balaban J connectivity index is 2.14. The number of hydrogen-bond donors (Lipinski definition) is 1. The molecule has 0 aliphatic heterocycles. The second-order valence-electron chi connectivity index (χ2n) is 5.61. The van der Waals surface area contributed by atoms with Crippen molar-refractivity contribution in [3.8, 4) is 5.75 Å². The van der Waals surface area contributed by atoms with Gasteiger partial charge < -0.3 is 10.1 Å². The number of hydrogen-bond acceptors (Lipinski definition) is 4. The molecular weight excluding hydrogens is 340 g/mol. The zero-order chi connectivity index (χ0) is 18.4. The van der Waals surface area contributed by atoms with Crippen molar-refractivity contribution in [1.29, 1.82) is 0 Å². The number of amides is 1. The second-order valence-corrected chi connectivity index (χ2v) is 7.62. The number of nitrogens with one attached hydrogen (secondary N) is 1. The number of anilines is 1. The van der Waals surface area contributed by atoms with Crippen LogP contribution in [0.3, 0.4) is 0 Å². The molecule has 25 heavy (non-hydrogen) atoms. The number of methoxy groups -OCH3 is 1. The van der Waals surface area contributed by atoms with Crippen molar-refractivity contribution < 1.29 is 17.9 Å². The van der Waals surface area contributed by atoms with Crippen molar-refractivity contribution in [2.75, 3.05) is 31.3 Å². The summed E-state index contributed by atoms with van der Waals surface area (Å²) in [5.41, 5.74) is 1.82. The molecule has 0 unspecified atom stereocenters. The van der Waals surface area contributed by atoms with Crippen molar-refractivity contribution >= 4 is 21.6 Å². The number of rotatable bonds is 7. The third-order valence-corrected chi connectivity index (χ3v) is 5.04. The van der Waals surface area contributed by atoms with Crippen LogP contribution >= 0.6 is 0 Å². The average Bonchev–Trinajstić information content (AvgIpc) is 2.60. The fraction of sp³-hybridized carbons (Fsp3) is 0.278. The summed E-state index contributed by atoms with van der Waals surface area (Å²) in [6.07, 6.45) is 1.81. The maximum Gasteiger partial charge on any atom is 0.255 e. The highest BCUT2D eigenvalue weighted by atomic mass is 32.2. The fourth-order valence-corrected chi connectivity index (χ4v) is 2.82.